The highest BCUT2D eigenvalue weighted by Crippen LogP contribution is 2.75. The van der Waals surface area contributed by atoms with E-state index in [2.05, 4.69) is 24.9 Å². The van der Waals surface area contributed by atoms with Gasteiger partial charge in [-0.1, -0.05) is 24.6 Å². The summed E-state index contributed by atoms with van der Waals surface area (Å²) in [6.07, 6.45) is 6.20. The van der Waals surface area contributed by atoms with Crippen molar-refractivity contribution in [2.75, 3.05) is 18.9 Å². The molecule has 2 fully saturated rings. The van der Waals surface area contributed by atoms with Gasteiger partial charge >= 0.3 is 0 Å². The summed E-state index contributed by atoms with van der Waals surface area (Å²) in [4.78, 5) is 8.37. The molecule has 2 aliphatic rings. The van der Waals surface area contributed by atoms with Crippen LogP contribution >= 0.6 is 11.6 Å². The molecular formula is C23H27ClN6O4S. The third-order valence-electron chi connectivity index (χ3n) is 7.18. The molecule has 0 saturated heterocycles. The summed E-state index contributed by atoms with van der Waals surface area (Å²) < 4.78 is 42.6. The molecule has 3 aromatic rings. The van der Waals surface area contributed by atoms with E-state index in [4.69, 9.17) is 21.1 Å². The number of hydrogen-bond acceptors (Lipinski definition) is 8. The van der Waals surface area contributed by atoms with Crippen molar-refractivity contribution in [2.24, 2.45) is 5.41 Å². The van der Waals surface area contributed by atoms with Crippen molar-refractivity contribution in [3.05, 3.63) is 47.3 Å². The number of para-hydroxylation sites is 1. The van der Waals surface area contributed by atoms with E-state index in [0.29, 0.717) is 33.9 Å². The van der Waals surface area contributed by atoms with Crippen LogP contribution in [0.1, 0.15) is 56.6 Å². The fourth-order valence-electron chi connectivity index (χ4n) is 4.54. The highest BCUT2D eigenvalue weighted by atomic mass is 35.5. The Kier molecular flexibility index (Phi) is 5.87. The minimum atomic E-state index is -3.91. The zero-order chi connectivity index (χ0) is 25.0. The maximum absolute atomic E-state index is 13.5. The average Bonchev–Trinajstić information content (AvgIpc) is 3.75. The van der Waals surface area contributed by atoms with Crippen LogP contribution in [0.15, 0.2) is 30.6 Å². The molecule has 2 aliphatic carbocycles. The lowest BCUT2D eigenvalue weighted by Gasteiger charge is -2.21. The molecule has 0 bridgehead atoms. The van der Waals surface area contributed by atoms with Gasteiger partial charge in [-0.2, -0.15) is 0 Å². The van der Waals surface area contributed by atoms with Gasteiger partial charge in [0.1, 0.15) is 28.8 Å². The second-order valence-electron chi connectivity index (χ2n) is 9.25. The third kappa shape index (κ3) is 4.20. The van der Waals surface area contributed by atoms with Crippen molar-refractivity contribution in [3.8, 4) is 17.2 Å². The van der Waals surface area contributed by atoms with Crippen molar-refractivity contribution < 1.29 is 17.9 Å². The Morgan fingerprint density at radius 3 is 2.29 bits per heavy atom. The second kappa shape index (κ2) is 8.63. The van der Waals surface area contributed by atoms with Gasteiger partial charge < -0.3 is 9.47 Å². The molecule has 5 rings (SSSR count). The van der Waals surface area contributed by atoms with E-state index in [9.17, 15) is 8.42 Å². The molecule has 3 atom stereocenters. The minimum absolute atomic E-state index is 0.0848. The summed E-state index contributed by atoms with van der Waals surface area (Å²) in [6.45, 7) is 3.37. The summed E-state index contributed by atoms with van der Waals surface area (Å²) in [5, 5.41) is 8.22. The lowest BCUT2D eigenvalue weighted by molar-refractivity contribution is 0.390. The molecule has 2 heterocycles. The number of aromatic nitrogens is 5. The van der Waals surface area contributed by atoms with Gasteiger partial charge in [-0.3, -0.25) is 9.29 Å². The van der Waals surface area contributed by atoms with E-state index in [1.165, 1.54) is 12.4 Å². The molecule has 0 aliphatic heterocycles. The molecule has 35 heavy (non-hydrogen) atoms. The Bertz CT molecular complexity index is 1330. The Morgan fingerprint density at radius 1 is 1.11 bits per heavy atom. The third-order valence-corrected chi connectivity index (χ3v) is 9.23. The fourth-order valence-corrected chi connectivity index (χ4v) is 5.87. The zero-order valence-corrected chi connectivity index (χ0v) is 21.5. The maximum atomic E-state index is 13.5. The molecule has 2 saturated carbocycles. The molecule has 186 valence electrons. The first-order valence-electron chi connectivity index (χ1n) is 11.4. The van der Waals surface area contributed by atoms with Gasteiger partial charge in [0.25, 0.3) is 0 Å². The number of ether oxygens (including phenoxy) is 2. The number of benzene rings is 1. The first-order chi connectivity index (χ1) is 16.7. The molecule has 0 radical (unpaired) electrons. The van der Waals surface area contributed by atoms with Gasteiger partial charge in [-0.05, 0) is 43.7 Å². The van der Waals surface area contributed by atoms with Crippen LogP contribution in [-0.4, -0.2) is 52.6 Å². The molecular weight excluding hydrogens is 492 g/mol. The molecule has 0 unspecified atom stereocenters. The maximum Gasteiger partial charge on any atom is 0.243 e. The standard InChI is InChI=1S/C23H27ClN6O4S/c1-13(20-25-11-15(24)12-26-20)14(2)35(31,32)29-22-28-27-21(16-10-23(16)8-9-23)30(22)19-17(33-3)6-5-7-18(19)34-4/h5-7,11-14,16H,8-10H2,1-4H3,(H,28,29)/t13-,14-,16-/m0/s1. The van der Waals surface area contributed by atoms with Crippen LogP contribution in [-0.2, 0) is 10.0 Å². The minimum Gasteiger partial charge on any atom is -0.494 e. The van der Waals surface area contributed by atoms with E-state index in [1.807, 2.05) is 6.07 Å². The number of halogens is 1. The van der Waals surface area contributed by atoms with E-state index in [-0.39, 0.29) is 17.3 Å². The summed E-state index contributed by atoms with van der Waals surface area (Å²) >= 11 is 5.88. The summed E-state index contributed by atoms with van der Waals surface area (Å²) in [5.41, 5.74) is 0.823. The van der Waals surface area contributed by atoms with Crippen molar-refractivity contribution >= 4 is 27.6 Å². The van der Waals surface area contributed by atoms with Crippen LogP contribution < -0.4 is 14.2 Å². The number of sulfonamides is 1. The molecule has 1 spiro atoms. The zero-order valence-electron chi connectivity index (χ0n) is 19.9. The predicted octanol–water partition coefficient (Wildman–Crippen LogP) is 3.93. The number of nitrogens with zero attached hydrogens (tertiary/aromatic N) is 5. The topological polar surface area (TPSA) is 121 Å². The SMILES string of the molecule is COc1cccc(OC)c1-n1c(NS(=O)(=O)[C@@H](C)[C@H](C)c2ncc(Cl)cn2)nnc1[C@@H]1CC12CC2. The Morgan fingerprint density at radius 2 is 1.74 bits per heavy atom. The quantitative estimate of drug-likeness (QED) is 0.452. The van der Waals surface area contributed by atoms with Gasteiger partial charge in [-0.25, -0.2) is 18.4 Å². The first-order valence-corrected chi connectivity index (χ1v) is 13.3. The number of nitrogens with one attached hydrogen (secondary N) is 1. The molecule has 0 amide bonds. The Labute approximate surface area is 209 Å². The number of rotatable bonds is 9. The van der Waals surface area contributed by atoms with Crippen LogP contribution in [0.4, 0.5) is 5.95 Å². The second-order valence-corrected chi connectivity index (χ2v) is 11.7. The molecule has 12 heteroatoms. The molecule has 1 N–H and O–H groups in total. The van der Waals surface area contributed by atoms with Crippen molar-refractivity contribution in [3.63, 3.8) is 0 Å². The average molecular weight is 519 g/mol. The van der Waals surface area contributed by atoms with Crippen LogP contribution in [0.5, 0.6) is 11.5 Å². The lowest BCUT2D eigenvalue weighted by Crippen LogP contribution is -2.31. The molecule has 1 aromatic carbocycles. The number of hydrogen-bond donors (Lipinski definition) is 1. The fraction of sp³-hybridized carbons (Fsp3) is 0.478. The summed E-state index contributed by atoms with van der Waals surface area (Å²) in [6, 6.07) is 5.40. The van der Waals surface area contributed by atoms with Gasteiger partial charge in [0.15, 0.2) is 0 Å². The van der Waals surface area contributed by atoms with Crippen molar-refractivity contribution in [1.82, 2.24) is 24.7 Å². The van der Waals surface area contributed by atoms with Gasteiger partial charge in [0.05, 0.1) is 24.5 Å². The summed E-state index contributed by atoms with van der Waals surface area (Å²) in [5.74, 6) is 1.92. The van der Waals surface area contributed by atoms with Crippen LogP contribution in [0.25, 0.3) is 5.69 Å². The molecule has 10 nitrogen and oxygen atoms in total. The van der Waals surface area contributed by atoms with Gasteiger partial charge in [0, 0.05) is 24.2 Å². The largest absolute Gasteiger partial charge is 0.494 e. The molecule has 2 aromatic heterocycles. The number of anilines is 1. The van der Waals surface area contributed by atoms with Crippen LogP contribution in [0.2, 0.25) is 5.02 Å². The van der Waals surface area contributed by atoms with E-state index >= 15 is 0 Å². The number of methoxy groups -OCH3 is 2. The van der Waals surface area contributed by atoms with E-state index < -0.39 is 21.2 Å². The monoisotopic (exact) mass is 518 g/mol. The summed E-state index contributed by atoms with van der Waals surface area (Å²) in [7, 11) is -0.799. The van der Waals surface area contributed by atoms with Gasteiger partial charge in [-0.15, -0.1) is 10.2 Å². The highest BCUT2D eigenvalue weighted by molar-refractivity contribution is 7.93. The van der Waals surface area contributed by atoms with E-state index in [1.54, 1.807) is 44.8 Å². The Hall–Kier alpha value is -2.92. The smallest absolute Gasteiger partial charge is 0.243 e. The Balaban J connectivity index is 1.54. The van der Waals surface area contributed by atoms with E-state index in [0.717, 1.165) is 19.3 Å². The normalized spacial score (nSPS) is 19.7. The highest BCUT2D eigenvalue weighted by Gasteiger charge is 2.65. The van der Waals surface area contributed by atoms with Crippen molar-refractivity contribution in [1.29, 1.82) is 0 Å². The van der Waals surface area contributed by atoms with Crippen molar-refractivity contribution in [2.45, 2.75) is 50.2 Å². The first kappa shape index (κ1) is 23.8. The van der Waals surface area contributed by atoms with Crippen LogP contribution in [0, 0.1) is 5.41 Å². The predicted molar refractivity (Wildman–Crippen MR) is 131 cm³/mol. The van der Waals surface area contributed by atoms with Crippen LogP contribution in [0.3, 0.4) is 0 Å². The van der Waals surface area contributed by atoms with Gasteiger partial charge in [0.2, 0.25) is 16.0 Å². The lowest BCUT2D eigenvalue weighted by atomic mass is 10.1.